The molecule has 2 aromatic rings. The first-order valence-electron chi connectivity index (χ1n) is 10.2. The summed E-state index contributed by atoms with van der Waals surface area (Å²) in [4.78, 5) is 22.3. The fourth-order valence-electron chi connectivity index (χ4n) is 4.61. The normalized spacial score (nSPS) is 23.0. The van der Waals surface area contributed by atoms with Crippen molar-refractivity contribution in [3.05, 3.63) is 45.4 Å². The SMILES string of the molecule is Cc1nc(CC(=O)N2Cc3cccc(C)c3NCCC3CCC(C2)N3C)cs1. The molecule has 0 spiro atoms. The highest BCUT2D eigenvalue weighted by atomic mass is 32.1. The van der Waals surface area contributed by atoms with E-state index >= 15 is 0 Å². The first-order chi connectivity index (χ1) is 13.5. The van der Waals surface area contributed by atoms with Gasteiger partial charge in [0.15, 0.2) is 0 Å². The van der Waals surface area contributed by atoms with Crippen LogP contribution in [0.4, 0.5) is 5.69 Å². The van der Waals surface area contributed by atoms with Gasteiger partial charge in [-0.3, -0.25) is 9.69 Å². The third-order valence-corrected chi connectivity index (χ3v) is 7.09. The third-order valence-electron chi connectivity index (χ3n) is 6.27. The molecule has 0 saturated carbocycles. The first kappa shape index (κ1) is 19.4. The number of hydrogen-bond donors (Lipinski definition) is 1. The van der Waals surface area contributed by atoms with Gasteiger partial charge in [-0.1, -0.05) is 18.2 Å². The Bertz CT molecular complexity index is 849. The molecule has 6 heteroatoms. The van der Waals surface area contributed by atoms with Gasteiger partial charge in [-0.05, 0) is 51.3 Å². The maximum Gasteiger partial charge on any atom is 0.228 e. The number of rotatable bonds is 2. The maximum atomic E-state index is 13.3. The van der Waals surface area contributed by atoms with Crippen molar-refractivity contribution >= 4 is 22.9 Å². The summed E-state index contributed by atoms with van der Waals surface area (Å²) in [6, 6.07) is 7.44. The predicted molar refractivity (Wildman–Crippen MR) is 115 cm³/mol. The van der Waals surface area contributed by atoms with Gasteiger partial charge < -0.3 is 10.2 Å². The van der Waals surface area contributed by atoms with Gasteiger partial charge in [-0.15, -0.1) is 11.3 Å². The van der Waals surface area contributed by atoms with Crippen LogP contribution in [0.15, 0.2) is 23.6 Å². The number of carbonyl (C=O) groups is 1. The lowest BCUT2D eigenvalue weighted by molar-refractivity contribution is -0.131. The average Bonchev–Trinajstić information content (AvgIpc) is 3.21. The van der Waals surface area contributed by atoms with Crippen molar-refractivity contribution < 1.29 is 4.79 Å². The molecule has 2 atom stereocenters. The Morgan fingerprint density at radius 2 is 2.07 bits per heavy atom. The Morgan fingerprint density at radius 1 is 1.25 bits per heavy atom. The van der Waals surface area contributed by atoms with Crippen molar-refractivity contribution in [1.29, 1.82) is 0 Å². The van der Waals surface area contributed by atoms with Crippen LogP contribution in [0.5, 0.6) is 0 Å². The largest absolute Gasteiger partial charge is 0.384 e. The summed E-state index contributed by atoms with van der Waals surface area (Å²) in [6.07, 6.45) is 3.92. The van der Waals surface area contributed by atoms with Crippen molar-refractivity contribution in [2.45, 2.75) is 58.2 Å². The minimum atomic E-state index is 0.175. The molecule has 3 heterocycles. The van der Waals surface area contributed by atoms with E-state index in [1.165, 1.54) is 29.7 Å². The van der Waals surface area contributed by atoms with E-state index in [-0.39, 0.29) is 5.91 Å². The third kappa shape index (κ3) is 4.08. The Hall–Kier alpha value is -1.92. The van der Waals surface area contributed by atoms with Gasteiger partial charge in [-0.2, -0.15) is 0 Å². The predicted octanol–water partition coefficient (Wildman–Crippen LogP) is 3.61. The molecule has 1 N–H and O–H groups in total. The van der Waals surface area contributed by atoms with Crippen molar-refractivity contribution in [2.24, 2.45) is 0 Å². The van der Waals surface area contributed by atoms with E-state index in [1.807, 2.05) is 12.3 Å². The smallest absolute Gasteiger partial charge is 0.228 e. The number of aromatic nitrogens is 1. The minimum Gasteiger partial charge on any atom is -0.384 e. The number of nitrogens with zero attached hydrogens (tertiary/aromatic N) is 3. The molecule has 4 rings (SSSR count). The van der Waals surface area contributed by atoms with E-state index in [4.69, 9.17) is 0 Å². The van der Waals surface area contributed by atoms with E-state index < -0.39 is 0 Å². The van der Waals surface area contributed by atoms with Crippen LogP contribution in [0.1, 0.15) is 41.1 Å². The summed E-state index contributed by atoms with van der Waals surface area (Å²) < 4.78 is 0. The Balaban J connectivity index is 1.62. The molecule has 0 aliphatic carbocycles. The van der Waals surface area contributed by atoms with Crippen LogP contribution < -0.4 is 5.32 Å². The zero-order valence-electron chi connectivity index (χ0n) is 17.1. The molecule has 5 nitrogen and oxygen atoms in total. The van der Waals surface area contributed by atoms with Gasteiger partial charge in [0, 0.05) is 42.8 Å². The Kier molecular flexibility index (Phi) is 5.69. The fourth-order valence-corrected chi connectivity index (χ4v) is 5.22. The molecule has 1 aromatic carbocycles. The van der Waals surface area contributed by atoms with Crippen molar-refractivity contribution in [2.75, 3.05) is 25.5 Å². The molecule has 2 bridgehead atoms. The number of fused-ring (bicyclic) bond motifs is 3. The summed E-state index contributed by atoms with van der Waals surface area (Å²) in [5.74, 6) is 0.175. The number of likely N-dealkylation sites (N-methyl/N-ethyl adjacent to an activating group) is 1. The standard InChI is InChI=1S/C22H30N4OS/c1-15-5-4-6-17-12-26(21(27)11-18-14-28-16(2)24-18)13-20-8-7-19(25(20)3)9-10-23-22(15)17/h4-6,14,19-20,23H,7-13H2,1-3H3. The van der Waals surface area contributed by atoms with Crippen LogP contribution in [-0.2, 0) is 17.8 Å². The van der Waals surface area contributed by atoms with Gasteiger partial charge >= 0.3 is 0 Å². The number of aryl methyl sites for hydroxylation is 2. The van der Waals surface area contributed by atoms with Gasteiger partial charge in [0.1, 0.15) is 0 Å². The highest BCUT2D eigenvalue weighted by molar-refractivity contribution is 7.09. The van der Waals surface area contributed by atoms with E-state index in [9.17, 15) is 4.79 Å². The van der Waals surface area contributed by atoms with Crippen LogP contribution >= 0.6 is 11.3 Å². The number of carbonyl (C=O) groups excluding carboxylic acids is 1. The van der Waals surface area contributed by atoms with Crippen LogP contribution in [-0.4, -0.2) is 52.9 Å². The lowest BCUT2D eigenvalue weighted by Gasteiger charge is -2.31. The summed E-state index contributed by atoms with van der Waals surface area (Å²) in [6.45, 7) is 6.56. The summed E-state index contributed by atoms with van der Waals surface area (Å²) in [5.41, 5.74) is 4.55. The van der Waals surface area contributed by atoms with E-state index in [2.05, 4.69) is 52.3 Å². The molecule has 1 amide bonds. The minimum absolute atomic E-state index is 0.175. The Labute approximate surface area is 171 Å². The molecule has 2 aliphatic rings. The van der Waals surface area contributed by atoms with Crippen molar-refractivity contribution in [3.63, 3.8) is 0 Å². The van der Waals surface area contributed by atoms with Gasteiger partial charge in [0.25, 0.3) is 0 Å². The zero-order valence-corrected chi connectivity index (χ0v) is 17.9. The number of hydrogen-bond acceptors (Lipinski definition) is 5. The molecule has 1 saturated heterocycles. The topological polar surface area (TPSA) is 48.5 Å². The highest BCUT2D eigenvalue weighted by Crippen LogP contribution is 2.29. The number of amides is 1. The van der Waals surface area contributed by atoms with Crippen LogP contribution in [0.3, 0.4) is 0 Å². The molecular formula is C22H30N4OS. The lowest BCUT2D eigenvalue weighted by atomic mass is 10.0. The fraction of sp³-hybridized carbons (Fsp3) is 0.545. The van der Waals surface area contributed by atoms with Crippen molar-refractivity contribution in [3.8, 4) is 0 Å². The van der Waals surface area contributed by atoms with Crippen LogP contribution in [0.25, 0.3) is 0 Å². The molecule has 1 aromatic heterocycles. The second-order valence-electron chi connectivity index (χ2n) is 8.18. The van der Waals surface area contributed by atoms with E-state index in [0.717, 1.165) is 30.2 Å². The summed E-state index contributed by atoms with van der Waals surface area (Å²) >= 11 is 1.61. The maximum absolute atomic E-state index is 13.3. The molecule has 0 radical (unpaired) electrons. The quantitative estimate of drug-likeness (QED) is 0.840. The number of anilines is 1. The molecule has 2 unspecified atom stereocenters. The monoisotopic (exact) mass is 398 g/mol. The van der Waals surface area contributed by atoms with Crippen LogP contribution in [0.2, 0.25) is 0 Å². The molecular weight excluding hydrogens is 368 g/mol. The first-order valence-corrected chi connectivity index (χ1v) is 11.1. The van der Waals surface area contributed by atoms with Gasteiger partial charge in [0.2, 0.25) is 5.91 Å². The Morgan fingerprint density at radius 3 is 2.86 bits per heavy atom. The highest BCUT2D eigenvalue weighted by Gasteiger charge is 2.33. The molecule has 2 aliphatic heterocycles. The number of benzene rings is 1. The van der Waals surface area contributed by atoms with E-state index in [0.29, 0.717) is 25.0 Å². The zero-order chi connectivity index (χ0) is 19.7. The molecule has 1 fully saturated rings. The summed E-state index contributed by atoms with van der Waals surface area (Å²) in [7, 11) is 2.23. The number of thiazole rings is 1. The van der Waals surface area contributed by atoms with Gasteiger partial charge in [0.05, 0.1) is 17.1 Å². The lowest BCUT2D eigenvalue weighted by Crippen LogP contribution is -2.43. The second kappa shape index (κ2) is 8.21. The number of nitrogens with one attached hydrogen (secondary N) is 1. The van der Waals surface area contributed by atoms with E-state index in [1.54, 1.807) is 11.3 Å². The summed E-state index contributed by atoms with van der Waals surface area (Å²) in [5, 5.41) is 6.70. The van der Waals surface area contributed by atoms with Crippen molar-refractivity contribution in [1.82, 2.24) is 14.8 Å². The second-order valence-corrected chi connectivity index (χ2v) is 9.25. The average molecular weight is 399 g/mol. The van der Waals surface area contributed by atoms with Gasteiger partial charge in [-0.25, -0.2) is 4.98 Å². The van der Waals surface area contributed by atoms with Crippen LogP contribution in [0, 0.1) is 13.8 Å². The molecule has 28 heavy (non-hydrogen) atoms. The molecule has 150 valence electrons. The number of para-hydroxylation sites is 1.